The molecule has 5 heteroatoms. The van der Waals surface area contributed by atoms with Gasteiger partial charge in [0.1, 0.15) is 11.9 Å². The van der Waals surface area contributed by atoms with E-state index >= 15 is 0 Å². The first kappa shape index (κ1) is 11.7. The van der Waals surface area contributed by atoms with Crippen molar-refractivity contribution >= 4 is 11.8 Å². The van der Waals surface area contributed by atoms with E-state index in [4.69, 9.17) is 10.5 Å². The van der Waals surface area contributed by atoms with Crippen LogP contribution in [-0.2, 0) is 4.74 Å². The molecule has 1 aromatic carbocycles. The summed E-state index contributed by atoms with van der Waals surface area (Å²) in [6, 6.07) is 6.58. The quantitative estimate of drug-likeness (QED) is 0.829. The molecule has 1 aliphatic heterocycles. The summed E-state index contributed by atoms with van der Waals surface area (Å²) in [4.78, 5) is 13.2. The Morgan fingerprint density at radius 1 is 1.53 bits per heavy atom. The molecule has 1 atom stereocenters. The Morgan fingerprint density at radius 3 is 3.06 bits per heavy atom. The average Bonchev–Trinajstić information content (AvgIpc) is 2.68. The molecule has 1 saturated heterocycles. The van der Waals surface area contributed by atoms with Crippen molar-refractivity contribution in [2.45, 2.75) is 18.9 Å². The number of ether oxygens (including phenoxy) is 1. The highest BCUT2D eigenvalue weighted by Gasteiger charge is 2.31. The standard InChI is InChI=1S/C12H16N2O3/c13-6-2-5-11-8-14(12(16)17-11)9-3-1-4-10(15)7-9/h1,3-4,7,11,15H,2,5-6,8,13H2. The summed E-state index contributed by atoms with van der Waals surface area (Å²) >= 11 is 0. The predicted octanol–water partition coefficient (Wildman–Crippen LogP) is 1.46. The van der Waals surface area contributed by atoms with Crippen LogP contribution in [0, 0.1) is 0 Å². The molecule has 1 fully saturated rings. The molecule has 0 radical (unpaired) electrons. The van der Waals surface area contributed by atoms with Crippen LogP contribution < -0.4 is 10.6 Å². The molecule has 92 valence electrons. The molecule has 0 aliphatic carbocycles. The van der Waals surface area contributed by atoms with E-state index in [2.05, 4.69) is 0 Å². The van der Waals surface area contributed by atoms with Crippen LogP contribution in [0.25, 0.3) is 0 Å². The van der Waals surface area contributed by atoms with Crippen molar-refractivity contribution in [3.8, 4) is 5.75 Å². The summed E-state index contributed by atoms with van der Waals surface area (Å²) in [6.45, 7) is 1.11. The number of rotatable bonds is 4. The molecule has 5 nitrogen and oxygen atoms in total. The van der Waals surface area contributed by atoms with Crippen molar-refractivity contribution in [1.29, 1.82) is 0 Å². The van der Waals surface area contributed by atoms with Crippen LogP contribution in [0.5, 0.6) is 5.75 Å². The second kappa shape index (κ2) is 5.05. The molecule has 0 saturated carbocycles. The highest BCUT2D eigenvalue weighted by molar-refractivity contribution is 5.89. The number of nitrogens with zero attached hydrogens (tertiary/aromatic N) is 1. The van der Waals surface area contributed by atoms with Gasteiger partial charge in [0.05, 0.1) is 12.2 Å². The molecule has 3 N–H and O–H groups in total. The van der Waals surface area contributed by atoms with Crippen LogP contribution in [0.3, 0.4) is 0 Å². The predicted molar refractivity (Wildman–Crippen MR) is 64.0 cm³/mol. The van der Waals surface area contributed by atoms with Gasteiger partial charge in [0.15, 0.2) is 0 Å². The SMILES string of the molecule is NCCCC1CN(c2cccc(O)c2)C(=O)O1. The van der Waals surface area contributed by atoms with Gasteiger partial charge in [-0.25, -0.2) is 4.79 Å². The number of carbonyl (C=O) groups excluding carboxylic acids is 1. The fraction of sp³-hybridized carbons (Fsp3) is 0.417. The molecule has 1 aliphatic rings. The van der Waals surface area contributed by atoms with Crippen LogP contribution in [0.4, 0.5) is 10.5 Å². The van der Waals surface area contributed by atoms with E-state index in [1.807, 2.05) is 0 Å². The van der Waals surface area contributed by atoms with Crippen LogP contribution in [0.1, 0.15) is 12.8 Å². The number of phenols is 1. The van der Waals surface area contributed by atoms with Gasteiger partial charge in [-0.1, -0.05) is 6.07 Å². The number of cyclic esters (lactones) is 1. The van der Waals surface area contributed by atoms with E-state index in [9.17, 15) is 9.90 Å². The highest BCUT2D eigenvalue weighted by Crippen LogP contribution is 2.25. The molecule has 1 unspecified atom stereocenters. The lowest BCUT2D eigenvalue weighted by atomic mass is 10.2. The topological polar surface area (TPSA) is 75.8 Å². The normalized spacial score (nSPS) is 19.5. The van der Waals surface area contributed by atoms with Crippen LogP contribution in [-0.4, -0.2) is 30.4 Å². The molecular weight excluding hydrogens is 220 g/mol. The number of benzene rings is 1. The van der Waals surface area contributed by atoms with Crippen molar-refractivity contribution < 1.29 is 14.6 Å². The second-order valence-corrected chi connectivity index (χ2v) is 4.07. The molecule has 2 rings (SSSR count). The van der Waals surface area contributed by atoms with Gasteiger partial charge in [0, 0.05) is 6.07 Å². The lowest BCUT2D eigenvalue weighted by Gasteiger charge is -2.12. The maximum atomic E-state index is 11.7. The molecular formula is C12H16N2O3. The first-order valence-electron chi connectivity index (χ1n) is 5.68. The Bertz CT molecular complexity index is 408. The van der Waals surface area contributed by atoms with Crippen molar-refractivity contribution in [2.75, 3.05) is 18.0 Å². The fourth-order valence-corrected chi connectivity index (χ4v) is 1.89. The average molecular weight is 236 g/mol. The third-order valence-corrected chi connectivity index (χ3v) is 2.75. The smallest absolute Gasteiger partial charge is 0.414 e. The number of anilines is 1. The van der Waals surface area contributed by atoms with Crippen LogP contribution in [0.2, 0.25) is 0 Å². The molecule has 17 heavy (non-hydrogen) atoms. The lowest BCUT2D eigenvalue weighted by Crippen LogP contribution is -2.24. The number of hydrogen-bond acceptors (Lipinski definition) is 4. The lowest BCUT2D eigenvalue weighted by molar-refractivity contribution is 0.136. The van der Waals surface area contributed by atoms with Crippen molar-refractivity contribution in [3.63, 3.8) is 0 Å². The van der Waals surface area contributed by atoms with Gasteiger partial charge < -0.3 is 15.6 Å². The third kappa shape index (κ3) is 2.68. The first-order chi connectivity index (χ1) is 8.20. The Hall–Kier alpha value is -1.75. The number of nitrogens with two attached hydrogens (primary N) is 1. The maximum absolute atomic E-state index is 11.7. The van der Waals surface area contributed by atoms with E-state index in [1.165, 1.54) is 4.90 Å². The second-order valence-electron chi connectivity index (χ2n) is 4.07. The zero-order valence-electron chi connectivity index (χ0n) is 9.50. The Balaban J connectivity index is 2.05. The summed E-state index contributed by atoms with van der Waals surface area (Å²) < 4.78 is 5.22. The summed E-state index contributed by atoms with van der Waals surface area (Å²) in [6.07, 6.45) is 1.15. The van der Waals surface area contributed by atoms with Gasteiger partial charge in [-0.05, 0) is 31.5 Å². The Morgan fingerprint density at radius 2 is 2.35 bits per heavy atom. The molecule has 1 heterocycles. The maximum Gasteiger partial charge on any atom is 0.414 e. The van der Waals surface area contributed by atoms with E-state index in [0.717, 1.165) is 12.8 Å². The van der Waals surface area contributed by atoms with Gasteiger partial charge in [0.2, 0.25) is 0 Å². The molecule has 0 aromatic heterocycles. The van der Waals surface area contributed by atoms with Gasteiger partial charge in [-0.2, -0.15) is 0 Å². The Kier molecular flexibility index (Phi) is 3.49. The van der Waals surface area contributed by atoms with Gasteiger partial charge in [-0.3, -0.25) is 4.90 Å². The van der Waals surface area contributed by atoms with E-state index in [0.29, 0.717) is 18.8 Å². The molecule has 1 aromatic rings. The minimum atomic E-state index is -0.363. The van der Waals surface area contributed by atoms with Gasteiger partial charge in [-0.15, -0.1) is 0 Å². The molecule has 0 bridgehead atoms. The molecule has 0 spiro atoms. The minimum absolute atomic E-state index is 0.103. The summed E-state index contributed by atoms with van der Waals surface area (Å²) in [7, 11) is 0. The largest absolute Gasteiger partial charge is 0.508 e. The van der Waals surface area contributed by atoms with Crippen molar-refractivity contribution in [3.05, 3.63) is 24.3 Å². The monoisotopic (exact) mass is 236 g/mol. The summed E-state index contributed by atoms with van der Waals surface area (Å²) in [5.74, 6) is 0.140. The number of aromatic hydroxyl groups is 1. The van der Waals surface area contributed by atoms with E-state index in [1.54, 1.807) is 24.3 Å². The summed E-state index contributed by atoms with van der Waals surface area (Å²) in [5, 5.41) is 9.37. The van der Waals surface area contributed by atoms with Crippen LogP contribution >= 0.6 is 0 Å². The van der Waals surface area contributed by atoms with Crippen molar-refractivity contribution in [1.82, 2.24) is 0 Å². The highest BCUT2D eigenvalue weighted by atomic mass is 16.6. The van der Waals surface area contributed by atoms with E-state index in [-0.39, 0.29) is 17.9 Å². The number of carbonyl (C=O) groups is 1. The third-order valence-electron chi connectivity index (χ3n) is 2.75. The number of hydrogen-bond donors (Lipinski definition) is 2. The summed E-state index contributed by atoms with van der Waals surface area (Å²) in [5.41, 5.74) is 6.08. The number of amides is 1. The zero-order valence-corrected chi connectivity index (χ0v) is 9.50. The fourth-order valence-electron chi connectivity index (χ4n) is 1.89. The van der Waals surface area contributed by atoms with E-state index < -0.39 is 0 Å². The van der Waals surface area contributed by atoms with Crippen LogP contribution in [0.15, 0.2) is 24.3 Å². The van der Waals surface area contributed by atoms with Gasteiger partial charge in [0.25, 0.3) is 0 Å². The minimum Gasteiger partial charge on any atom is -0.508 e. The first-order valence-corrected chi connectivity index (χ1v) is 5.68. The van der Waals surface area contributed by atoms with Crippen molar-refractivity contribution in [2.24, 2.45) is 5.73 Å². The molecule has 1 amide bonds. The number of phenolic OH excluding ortho intramolecular Hbond substituents is 1. The Labute approximate surface area is 99.8 Å². The van der Waals surface area contributed by atoms with Gasteiger partial charge >= 0.3 is 6.09 Å². The zero-order chi connectivity index (χ0) is 12.3.